The minimum absolute atomic E-state index is 0.289. The van der Waals surface area contributed by atoms with E-state index in [1.165, 1.54) is 7.11 Å². The van der Waals surface area contributed by atoms with Crippen LogP contribution in [0.25, 0.3) is 0 Å². The number of ether oxygens (including phenoxy) is 1. The van der Waals surface area contributed by atoms with Gasteiger partial charge in [-0.15, -0.1) is 0 Å². The van der Waals surface area contributed by atoms with Gasteiger partial charge in [0, 0.05) is 31.2 Å². The molecule has 0 unspecified atom stereocenters. The number of nitrogens with one attached hydrogen (secondary N) is 1. The second kappa shape index (κ2) is 10.1. The Labute approximate surface area is 163 Å². The number of carbonyl (C=O) groups excluding carboxylic acids is 2. The molecule has 27 heavy (non-hydrogen) atoms. The van der Waals surface area contributed by atoms with E-state index in [2.05, 4.69) is 5.32 Å². The van der Waals surface area contributed by atoms with Crippen molar-refractivity contribution in [1.29, 1.82) is 0 Å². The van der Waals surface area contributed by atoms with Crippen LogP contribution in [0.2, 0.25) is 5.02 Å². The van der Waals surface area contributed by atoms with Crippen LogP contribution >= 0.6 is 11.6 Å². The number of esters is 1. The number of rotatable bonds is 8. The van der Waals surface area contributed by atoms with Gasteiger partial charge in [0.15, 0.2) is 0 Å². The molecule has 0 saturated heterocycles. The monoisotopic (exact) mass is 389 g/mol. The Morgan fingerprint density at radius 3 is 2.11 bits per heavy atom. The Balaban J connectivity index is 2.11. The van der Waals surface area contributed by atoms with Gasteiger partial charge in [0.25, 0.3) is 5.91 Å². The van der Waals surface area contributed by atoms with E-state index in [-0.39, 0.29) is 12.3 Å². The van der Waals surface area contributed by atoms with E-state index >= 15 is 0 Å². The first-order chi connectivity index (χ1) is 13.0. The van der Waals surface area contributed by atoms with E-state index in [9.17, 15) is 9.59 Å². The molecule has 0 aromatic heterocycles. The average molecular weight is 390 g/mol. The largest absolute Gasteiger partial charge is 0.493 e. The van der Waals surface area contributed by atoms with Gasteiger partial charge in [-0.25, -0.2) is 4.79 Å². The number of carbonyl (C=O) groups is 2. The molecule has 1 amide bonds. The van der Waals surface area contributed by atoms with Gasteiger partial charge in [-0.2, -0.15) is 0 Å². The highest BCUT2D eigenvalue weighted by Gasteiger charge is 2.23. The van der Waals surface area contributed by atoms with E-state index in [1.807, 2.05) is 24.3 Å². The number of methoxy groups -OCH3 is 1. The van der Waals surface area contributed by atoms with Crippen molar-refractivity contribution in [2.75, 3.05) is 21.3 Å². The van der Waals surface area contributed by atoms with E-state index in [0.29, 0.717) is 10.6 Å². The lowest BCUT2D eigenvalue weighted by molar-refractivity contribution is -0.142. The van der Waals surface area contributed by atoms with Gasteiger partial charge in [0.1, 0.15) is 6.04 Å². The summed E-state index contributed by atoms with van der Waals surface area (Å²) >= 11 is 5.83. The Hall–Kier alpha value is -2.35. The Morgan fingerprint density at radius 1 is 1.00 bits per heavy atom. The smallest absolute Gasteiger partial charge is 0.467 e. The summed E-state index contributed by atoms with van der Waals surface area (Å²) in [6.07, 6.45) is 0.289. The quantitative estimate of drug-likeness (QED) is 0.551. The minimum atomic E-state index is -0.815. The van der Waals surface area contributed by atoms with Crippen molar-refractivity contribution >= 4 is 36.1 Å². The Kier molecular flexibility index (Phi) is 7.85. The van der Waals surface area contributed by atoms with Crippen molar-refractivity contribution in [3.05, 3.63) is 64.7 Å². The summed E-state index contributed by atoms with van der Waals surface area (Å²) in [5.41, 5.74) is 2.12. The molecule has 0 saturated carbocycles. The highest BCUT2D eigenvalue weighted by atomic mass is 35.5. The maximum absolute atomic E-state index is 12.4. The normalized spacial score (nSPS) is 11.6. The summed E-state index contributed by atoms with van der Waals surface area (Å²) in [7, 11) is 3.94. The summed E-state index contributed by atoms with van der Waals surface area (Å²) in [5.74, 6) is -0.898. The molecule has 0 aliphatic carbocycles. The second-order valence-corrected chi connectivity index (χ2v) is 6.24. The first-order valence-electron chi connectivity index (χ1n) is 8.27. The van der Waals surface area contributed by atoms with Crippen molar-refractivity contribution in [2.45, 2.75) is 12.5 Å². The van der Waals surface area contributed by atoms with Crippen LogP contribution in [0.15, 0.2) is 48.5 Å². The van der Waals surface area contributed by atoms with Crippen molar-refractivity contribution in [1.82, 2.24) is 5.32 Å². The van der Waals surface area contributed by atoms with Crippen molar-refractivity contribution in [3.63, 3.8) is 0 Å². The van der Waals surface area contributed by atoms with Crippen LogP contribution in [-0.2, 0) is 25.3 Å². The molecule has 0 heterocycles. The third kappa shape index (κ3) is 5.82. The number of benzene rings is 2. The molecule has 0 fully saturated rings. The lowest BCUT2D eigenvalue weighted by atomic mass is 9.78. The summed E-state index contributed by atoms with van der Waals surface area (Å²) in [6, 6.07) is 13.0. The zero-order valence-corrected chi connectivity index (χ0v) is 16.2. The molecule has 142 valence electrons. The van der Waals surface area contributed by atoms with Gasteiger partial charge in [-0.3, -0.25) is 4.79 Å². The molecule has 1 atom stereocenters. The van der Waals surface area contributed by atoms with E-state index in [0.717, 1.165) is 11.0 Å². The summed E-state index contributed by atoms with van der Waals surface area (Å²) < 4.78 is 15.2. The lowest BCUT2D eigenvalue weighted by Gasteiger charge is -2.17. The predicted octanol–water partition coefficient (Wildman–Crippen LogP) is 1.84. The van der Waals surface area contributed by atoms with Gasteiger partial charge in [0.2, 0.25) is 0 Å². The summed E-state index contributed by atoms with van der Waals surface area (Å²) in [5, 5.41) is 3.23. The van der Waals surface area contributed by atoms with Crippen LogP contribution in [-0.4, -0.2) is 46.4 Å². The average Bonchev–Trinajstić information content (AvgIpc) is 2.69. The van der Waals surface area contributed by atoms with Crippen LogP contribution < -0.4 is 10.8 Å². The topological polar surface area (TPSA) is 73.9 Å². The first-order valence-corrected chi connectivity index (χ1v) is 8.65. The molecule has 0 radical (unpaired) electrons. The van der Waals surface area contributed by atoms with Crippen molar-refractivity contribution < 1.29 is 23.6 Å². The first kappa shape index (κ1) is 21.0. The summed E-state index contributed by atoms with van der Waals surface area (Å²) in [6.45, 7) is 0. The number of amides is 1. The van der Waals surface area contributed by atoms with Gasteiger partial charge in [0.05, 0.1) is 7.11 Å². The standard InChI is InChI=1S/C19H21BClNO5/c1-25-19(24)17(22-18(23)14-6-10-16(21)11-7-14)12-13-4-8-15(9-5-13)20(26-2)27-3/h4-11,17H,12H2,1-3H3,(H,22,23)/t17-/m1/s1. The molecule has 0 bridgehead atoms. The van der Waals surface area contributed by atoms with Crippen LogP contribution in [0, 0.1) is 0 Å². The van der Waals surface area contributed by atoms with Crippen molar-refractivity contribution in [2.24, 2.45) is 0 Å². The molecule has 2 aromatic carbocycles. The third-order valence-corrected chi connectivity index (χ3v) is 4.27. The van der Waals surface area contributed by atoms with Gasteiger partial charge >= 0.3 is 13.1 Å². The number of hydrogen-bond acceptors (Lipinski definition) is 5. The zero-order valence-electron chi connectivity index (χ0n) is 15.4. The van der Waals surface area contributed by atoms with E-state index < -0.39 is 19.1 Å². The Morgan fingerprint density at radius 2 is 1.59 bits per heavy atom. The van der Waals surface area contributed by atoms with Crippen LogP contribution in [0.3, 0.4) is 0 Å². The molecule has 0 aliphatic rings. The fourth-order valence-electron chi connectivity index (χ4n) is 2.59. The predicted molar refractivity (Wildman–Crippen MR) is 104 cm³/mol. The summed E-state index contributed by atoms with van der Waals surface area (Å²) in [4.78, 5) is 24.5. The van der Waals surface area contributed by atoms with Gasteiger partial charge < -0.3 is 19.4 Å². The van der Waals surface area contributed by atoms with Gasteiger partial charge in [-0.05, 0) is 35.3 Å². The maximum atomic E-state index is 12.4. The molecule has 2 aromatic rings. The Bertz CT molecular complexity index is 763. The molecule has 0 spiro atoms. The number of halogens is 1. The maximum Gasteiger partial charge on any atom is 0.493 e. The molecule has 8 heteroatoms. The fraction of sp³-hybridized carbons (Fsp3) is 0.263. The number of hydrogen-bond donors (Lipinski definition) is 1. The SMILES string of the molecule is COB(OC)c1ccc(C[C@@H](NC(=O)c2ccc(Cl)cc2)C(=O)OC)cc1. The molecule has 6 nitrogen and oxygen atoms in total. The molecular weight excluding hydrogens is 368 g/mol. The van der Waals surface area contributed by atoms with Crippen LogP contribution in [0.1, 0.15) is 15.9 Å². The van der Waals surface area contributed by atoms with E-state index in [1.54, 1.807) is 38.5 Å². The molecular formula is C19H21BClNO5. The van der Waals surface area contributed by atoms with Crippen LogP contribution in [0.4, 0.5) is 0 Å². The third-order valence-electron chi connectivity index (χ3n) is 4.02. The van der Waals surface area contributed by atoms with Gasteiger partial charge in [-0.1, -0.05) is 35.9 Å². The van der Waals surface area contributed by atoms with Crippen LogP contribution in [0.5, 0.6) is 0 Å². The van der Waals surface area contributed by atoms with Crippen molar-refractivity contribution in [3.8, 4) is 0 Å². The highest BCUT2D eigenvalue weighted by molar-refractivity contribution is 6.61. The minimum Gasteiger partial charge on any atom is -0.467 e. The second-order valence-electron chi connectivity index (χ2n) is 5.81. The van der Waals surface area contributed by atoms with E-state index in [4.69, 9.17) is 25.6 Å². The molecule has 2 rings (SSSR count). The molecule has 1 N–H and O–H groups in total. The highest BCUT2D eigenvalue weighted by Crippen LogP contribution is 2.11. The lowest BCUT2D eigenvalue weighted by Crippen LogP contribution is -2.43. The fourth-order valence-corrected chi connectivity index (χ4v) is 2.72. The molecule has 0 aliphatic heterocycles. The zero-order chi connectivity index (χ0) is 19.8.